The van der Waals surface area contributed by atoms with Gasteiger partial charge in [-0.3, -0.25) is 14.7 Å². The minimum absolute atomic E-state index is 0.0329. The second kappa shape index (κ2) is 7.40. The van der Waals surface area contributed by atoms with E-state index in [9.17, 15) is 9.59 Å². The Labute approximate surface area is 112 Å². The molecule has 0 saturated carbocycles. The second-order valence-corrected chi connectivity index (χ2v) is 4.28. The summed E-state index contributed by atoms with van der Waals surface area (Å²) in [6.45, 7) is 5.06. The first-order chi connectivity index (χ1) is 9.10. The Morgan fingerprint density at radius 2 is 2.16 bits per heavy atom. The number of rotatable bonds is 7. The quantitative estimate of drug-likeness (QED) is 0.664. The number of hydrogen-bond donors (Lipinski definition) is 3. The molecule has 7 nitrogen and oxygen atoms in total. The van der Waals surface area contributed by atoms with Gasteiger partial charge in [0.15, 0.2) is 0 Å². The van der Waals surface area contributed by atoms with Gasteiger partial charge in [0, 0.05) is 13.1 Å². The topological polar surface area (TPSA) is 104 Å². The van der Waals surface area contributed by atoms with Gasteiger partial charge in [-0.2, -0.15) is 5.10 Å². The van der Waals surface area contributed by atoms with Gasteiger partial charge in [-0.1, -0.05) is 13.8 Å². The van der Waals surface area contributed by atoms with Crippen LogP contribution >= 0.6 is 0 Å². The predicted molar refractivity (Wildman–Crippen MR) is 72.5 cm³/mol. The normalized spacial score (nSPS) is 10.2. The van der Waals surface area contributed by atoms with Gasteiger partial charge in [-0.25, -0.2) is 0 Å². The average molecular weight is 267 g/mol. The van der Waals surface area contributed by atoms with E-state index in [1.54, 1.807) is 0 Å². The molecular formula is C12H21N5O2. The number of carbonyl (C=O) groups is 2. The van der Waals surface area contributed by atoms with Gasteiger partial charge in [-0.15, -0.1) is 0 Å². The molecule has 0 saturated heterocycles. The molecule has 0 fully saturated rings. The molecule has 0 radical (unpaired) electrons. The molecule has 0 spiro atoms. The molecule has 7 heteroatoms. The van der Waals surface area contributed by atoms with Crippen molar-refractivity contribution in [2.75, 3.05) is 25.4 Å². The molecule has 1 aromatic rings. The van der Waals surface area contributed by atoms with Crippen molar-refractivity contribution in [1.82, 2.24) is 20.4 Å². The summed E-state index contributed by atoms with van der Waals surface area (Å²) in [5.74, 6) is -0.467. The third-order valence-electron chi connectivity index (χ3n) is 2.57. The summed E-state index contributed by atoms with van der Waals surface area (Å²) >= 11 is 0. The van der Waals surface area contributed by atoms with Crippen LogP contribution in [0.15, 0.2) is 6.20 Å². The Bertz CT molecular complexity index is 430. The van der Waals surface area contributed by atoms with Crippen LogP contribution in [0.25, 0.3) is 0 Å². The van der Waals surface area contributed by atoms with Crippen LogP contribution in [-0.4, -0.2) is 46.5 Å². The second-order valence-electron chi connectivity index (χ2n) is 4.28. The van der Waals surface area contributed by atoms with Crippen LogP contribution in [0.2, 0.25) is 0 Å². The van der Waals surface area contributed by atoms with E-state index >= 15 is 0 Å². The van der Waals surface area contributed by atoms with E-state index < -0.39 is 0 Å². The molecule has 0 aromatic carbocycles. The SMILES string of the molecule is CCCNC(=O)CN(CCC)C(=O)c1[nH]ncc1N. The lowest BCUT2D eigenvalue weighted by molar-refractivity contribution is -0.121. The number of nitrogens with two attached hydrogens (primary N) is 1. The monoisotopic (exact) mass is 267 g/mol. The third-order valence-corrected chi connectivity index (χ3v) is 2.57. The van der Waals surface area contributed by atoms with E-state index in [2.05, 4.69) is 15.5 Å². The lowest BCUT2D eigenvalue weighted by atomic mass is 10.3. The van der Waals surface area contributed by atoms with Crippen molar-refractivity contribution in [2.24, 2.45) is 0 Å². The largest absolute Gasteiger partial charge is 0.396 e. The molecular weight excluding hydrogens is 246 g/mol. The van der Waals surface area contributed by atoms with Crippen LogP contribution in [-0.2, 0) is 4.79 Å². The van der Waals surface area contributed by atoms with E-state index in [0.717, 1.165) is 12.8 Å². The van der Waals surface area contributed by atoms with Crippen molar-refractivity contribution >= 4 is 17.5 Å². The molecule has 0 aliphatic carbocycles. The van der Waals surface area contributed by atoms with Gasteiger partial charge in [0.1, 0.15) is 5.69 Å². The molecule has 0 aliphatic rings. The first-order valence-electron chi connectivity index (χ1n) is 6.44. The highest BCUT2D eigenvalue weighted by Crippen LogP contribution is 2.10. The number of aromatic amines is 1. The van der Waals surface area contributed by atoms with Gasteiger partial charge in [0.2, 0.25) is 5.91 Å². The molecule has 1 heterocycles. The number of carbonyl (C=O) groups excluding carboxylic acids is 2. The summed E-state index contributed by atoms with van der Waals surface area (Å²) in [5, 5.41) is 9.02. The van der Waals surface area contributed by atoms with E-state index in [1.165, 1.54) is 11.1 Å². The third kappa shape index (κ3) is 4.27. The summed E-state index contributed by atoms with van der Waals surface area (Å²) in [6, 6.07) is 0. The summed E-state index contributed by atoms with van der Waals surface area (Å²) in [6.07, 6.45) is 3.01. The molecule has 0 unspecified atom stereocenters. The first-order valence-corrected chi connectivity index (χ1v) is 6.44. The number of H-pyrrole nitrogens is 1. The van der Waals surface area contributed by atoms with Crippen LogP contribution < -0.4 is 11.1 Å². The zero-order valence-corrected chi connectivity index (χ0v) is 11.4. The van der Waals surface area contributed by atoms with Gasteiger partial charge < -0.3 is 16.0 Å². The zero-order chi connectivity index (χ0) is 14.3. The molecule has 2 amide bonds. The van der Waals surface area contributed by atoms with Gasteiger partial charge in [0.05, 0.1) is 18.4 Å². The van der Waals surface area contributed by atoms with E-state index in [1.807, 2.05) is 13.8 Å². The van der Waals surface area contributed by atoms with Crippen LogP contribution in [0, 0.1) is 0 Å². The Hall–Kier alpha value is -2.05. The molecule has 0 bridgehead atoms. The Kier molecular flexibility index (Phi) is 5.84. The highest BCUT2D eigenvalue weighted by molar-refractivity contribution is 5.98. The maximum Gasteiger partial charge on any atom is 0.274 e. The highest BCUT2D eigenvalue weighted by Gasteiger charge is 2.21. The first kappa shape index (κ1) is 15.0. The van der Waals surface area contributed by atoms with Crippen LogP contribution in [0.3, 0.4) is 0 Å². The van der Waals surface area contributed by atoms with Crippen LogP contribution in [0.5, 0.6) is 0 Å². The highest BCUT2D eigenvalue weighted by atomic mass is 16.2. The standard InChI is InChI=1S/C12H21N5O2/c1-3-5-14-10(18)8-17(6-4-2)12(19)11-9(13)7-15-16-11/h7H,3-6,8,13H2,1-2H3,(H,14,18)(H,15,16). The molecule has 0 aliphatic heterocycles. The average Bonchev–Trinajstić information content (AvgIpc) is 2.81. The minimum Gasteiger partial charge on any atom is -0.396 e. The lowest BCUT2D eigenvalue weighted by Gasteiger charge is -2.21. The number of nitrogens with zero attached hydrogens (tertiary/aromatic N) is 2. The van der Waals surface area contributed by atoms with E-state index in [4.69, 9.17) is 5.73 Å². The maximum absolute atomic E-state index is 12.2. The van der Waals surface area contributed by atoms with Gasteiger partial charge in [0.25, 0.3) is 5.91 Å². The van der Waals surface area contributed by atoms with Crippen LogP contribution in [0.4, 0.5) is 5.69 Å². The molecule has 0 atom stereocenters. The summed E-state index contributed by atoms with van der Waals surface area (Å²) in [5.41, 5.74) is 6.17. The van der Waals surface area contributed by atoms with E-state index in [-0.39, 0.29) is 24.1 Å². The zero-order valence-electron chi connectivity index (χ0n) is 11.4. The maximum atomic E-state index is 12.2. The number of hydrogen-bond acceptors (Lipinski definition) is 4. The lowest BCUT2D eigenvalue weighted by Crippen LogP contribution is -2.41. The summed E-state index contributed by atoms with van der Waals surface area (Å²) in [7, 11) is 0. The Morgan fingerprint density at radius 1 is 1.42 bits per heavy atom. The van der Waals surface area contributed by atoms with Crippen molar-refractivity contribution in [3.05, 3.63) is 11.9 Å². The van der Waals surface area contributed by atoms with Gasteiger partial charge in [-0.05, 0) is 12.8 Å². The summed E-state index contributed by atoms with van der Waals surface area (Å²) in [4.78, 5) is 25.4. The number of aromatic nitrogens is 2. The van der Waals surface area contributed by atoms with Crippen molar-refractivity contribution in [3.63, 3.8) is 0 Å². The van der Waals surface area contributed by atoms with Crippen molar-refractivity contribution < 1.29 is 9.59 Å². The fraction of sp³-hybridized carbons (Fsp3) is 0.583. The summed E-state index contributed by atoms with van der Waals surface area (Å²) < 4.78 is 0. The fourth-order valence-electron chi connectivity index (χ4n) is 1.64. The minimum atomic E-state index is -0.302. The fourth-order valence-corrected chi connectivity index (χ4v) is 1.64. The smallest absolute Gasteiger partial charge is 0.274 e. The predicted octanol–water partition coefficient (Wildman–Crippen LogP) is 0.370. The van der Waals surface area contributed by atoms with Crippen LogP contribution in [0.1, 0.15) is 37.2 Å². The number of amides is 2. The Morgan fingerprint density at radius 3 is 2.68 bits per heavy atom. The molecule has 19 heavy (non-hydrogen) atoms. The van der Waals surface area contributed by atoms with Crippen molar-refractivity contribution in [2.45, 2.75) is 26.7 Å². The Balaban J connectivity index is 2.69. The molecule has 106 valence electrons. The van der Waals surface area contributed by atoms with Crippen molar-refractivity contribution in [1.29, 1.82) is 0 Å². The number of nitrogen functional groups attached to an aromatic ring is 1. The molecule has 1 rings (SSSR count). The molecule has 4 N–H and O–H groups in total. The number of nitrogens with one attached hydrogen (secondary N) is 2. The number of anilines is 1. The van der Waals surface area contributed by atoms with Gasteiger partial charge >= 0.3 is 0 Å². The molecule has 1 aromatic heterocycles. The van der Waals surface area contributed by atoms with E-state index in [0.29, 0.717) is 18.8 Å². The van der Waals surface area contributed by atoms with Crippen molar-refractivity contribution in [3.8, 4) is 0 Å².